The van der Waals surface area contributed by atoms with Gasteiger partial charge in [0.15, 0.2) is 0 Å². The van der Waals surface area contributed by atoms with E-state index in [1.807, 2.05) is 0 Å². The molecule has 0 bridgehead atoms. The van der Waals surface area contributed by atoms with Crippen LogP contribution in [0.25, 0.3) is 0 Å². The standard InChI is InChI=1S/C8H12N4O2/c13-7(6-10-8(14)12-11-6)9-5-3-1-2-4-5/h5H,1-4H2,(H,9,13)(H2,10,11,12,14). The van der Waals surface area contributed by atoms with Gasteiger partial charge in [-0.25, -0.2) is 9.89 Å². The zero-order chi connectivity index (χ0) is 9.97. The molecule has 0 atom stereocenters. The Morgan fingerprint density at radius 2 is 2.14 bits per heavy atom. The quantitative estimate of drug-likeness (QED) is 0.610. The van der Waals surface area contributed by atoms with E-state index >= 15 is 0 Å². The smallest absolute Gasteiger partial charge is 0.341 e. The van der Waals surface area contributed by atoms with E-state index < -0.39 is 5.69 Å². The van der Waals surface area contributed by atoms with Gasteiger partial charge >= 0.3 is 5.69 Å². The van der Waals surface area contributed by atoms with Crippen LogP contribution in [-0.2, 0) is 0 Å². The molecule has 14 heavy (non-hydrogen) atoms. The zero-order valence-corrected chi connectivity index (χ0v) is 7.67. The molecule has 6 nitrogen and oxygen atoms in total. The summed E-state index contributed by atoms with van der Waals surface area (Å²) < 4.78 is 0. The Hall–Kier alpha value is -1.59. The number of H-pyrrole nitrogens is 2. The zero-order valence-electron chi connectivity index (χ0n) is 7.67. The van der Waals surface area contributed by atoms with Crippen molar-refractivity contribution in [2.45, 2.75) is 31.7 Å². The third-order valence-electron chi connectivity index (χ3n) is 2.41. The number of amides is 1. The molecule has 0 aromatic carbocycles. The Kier molecular flexibility index (Phi) is 2.34. The molecule has 6 heteroatoms. The number of aromatic nitrogens is 3. The molecule has 0 unspecified atom stereocenters. The monoisotopic (exact) mass is 196 g/mol. The predicted molar refractivity (Wildman–Crippen MR) is 48.9 cm³/mol. The van der Waals surface area contributed by atoms with Crippen LogP contribution in [-0.4, -0.2) is 27.1 Å². The number of hydrogen-bond acceptors (Lipinski definition) is 3. The third kappa shape index (κ3) is 1.84. The lowest BCUT2D eigenvalue weighted by Crippen LogP contribution is -2.33. The van der Waals surface area contributed by atoms with Crippen molar-refractivity contribution < 1.29 is 4.79 Å². The molecule has 0 radical (unpaired) electrons. The van der Waals surface area contributed by atoms with Gasteiger partial charge in [0, 0.05) is 6.04 Å². The predicted octanol–water partition coefficient (Wildman–Crippen LogP) is -0.230. The van der Waals surface area contributed by atoms with Crippen molar-refractivity contribution in [3.8, 4) is 0 Å². The summed E-state index contributed by atoms with van der Waals surface area (Å²) in [7, 11) is 0. The Morgan fingerprint density at radius 1 is 1.43 bits per heavy atom. The number of aromatic amines is 2. The normalized spacial score (nSPS) is 17.1. The van der Waals surface area contributed by atoms with Gasteiger partial charge in [0.05, 0.1) is 0 Å². The molecule has 0 spiro atoms. The number of hydrogen-bond donors (Lipinski definition) is 3. The number of carbonyl (C=O) groups is 1. The van der Waals surface area contributed by atoms with Gasteiger partial charge in [0.25, 0.3) is 5.91 Å². The van der Waals surface area contributed by atoms with Crippen LogP contribution in [0.15, 0.2) is 4.79 Å². The van der Waals surface area contributed by atoms with E-state index in [2.05, 4.69) is 20.5 Å². The second kappa shape index (κ2) is 3.65. The minimum absolute atomic E-state index is 0.0573. The summed E-state index contributed by atoms with van der Waals surface area (Å²) in [4.78, 5) is 24.4. The minimum Gasteiger partial charge on any atom is -0.347 e. The van der Waals surface area contributed by atoms with Crippen molar-refractivity contribution in [1.82, 2.24) is 20.5 Å². The van der Waals surface area contributed by atoms with E-state index in [4.69, 9.17) is 0 Å². The number of carbonyl (C=O) groups excluding carboxylic acids is 1. The van der Waals surface area contributed by atoms with Crippen LogP contribution in [0.1, 0.15) is 36.3 Å². The molecule has 0 aliphatic heterocycles. The molecule has 1 fully saturated rings. The highest BCUT2D eigenvalue weighted by atomic mass is 16.2. The maximum Gasteiger partial charge on any atom is 0.341 e. The molecule has 1 amide bonds. The highest BCUT2D eigenvalue weighted by Gasteiger charge is 2.19. The molecule has 1 aromatic rings. The van der Waals surface area contributed by atoms with Crippen LogP contribution in [0.3, 0.4) is 0 Å². The molecular weight excluding hydrogens is 184 g/mol. The van der Waals surface area contributed by atoms with Crippen molar-refractivity contribution in [2.24, 2.45) is 0 Å². The van der Waals surface area contributed by atoms with Crippen molar-refractivity contribution >= 4 is 5.91 Å². The average Bonchev–Trinajstić information content (AvgIpc) is 2.75. The topological polar surface area (TPSA) is 90.6 Å². The van der Waals surface area contributed by atoms with E-state index in [1.54, 1.807) is 0 Å². The first-order valence-electron chi connectivity index (χ1n) is 4.71. The molecule has 1 heterocycles. The van der Waals surface area contributed by atoms with Gasteiger partial charge < -0.3 is 5.32 Å². The number of nitrogens with zero attached hydrogens (tertiary/aromatic N) is 1. The molecule has 2 rings (SSSR count). The summed E-state index contributed by atoms with van der Waals surface area (Å²) in [5.74, 6) is -0.253. The van der Waals surface area contributed by atoms with Crippen molar-refractivity contribution in [3.05, 3.63) is 16.3 Å². The highest BCUT2D eigenvalue weighted by molar-refractivity contribution is 5.90. The van der Waals surface area contributed by atoms with Crippen LogP contribution < -0.4 is 11.0 Å². The van der Waals surface area contributed by atoms with Crippen LogP contribution in [0.2, 0.25) is 0 Å². The Labute approximate surface area is 80.1 Å². The van der Waals surface area contributed by atoms with E-state index in [0.29, 0.717) is 0 Å². The first-order valence-corrected chi connectivity index (χ1v) is 4.71. The van der Waals surface area contributed by atoms with Gasteiger partial charge in [0.1, 0.15) is 0 Å². The summed E-state index contributed by atoms with van der Waals surface area (Å²) in [6.45, 7) is 0. The maximum atomic E-state index is 11.5. The van der Waals surface area contributed by atoms with E-state index in [0.717, 1.165) is 25.7 Å². The average molecular weight is 196 g/mol. The molecule has 0 saturated heterocycles. The minimum atomic E-state index is -0.457. The van der Waals surface area contributed by atoms with E-state index in [-0.39, 0.29) is 17.8 Å². The Balaban J connectivity index is 1.98. The highest BCUT2D eigenvalue weighted by Crippen LogP contribution is 2.17. The number of nitrogens with one attached hydrogen (secondary N) is 3. The summed E-state index contributed by atoms with van der Waals surface area (Å²) in [6, 6.07) is 0.239. The SMILES string of the molecule is O=C(NC1CCCC1)c1n[nH]c(=O)[nH]1. The van der Waals surface area contributed by atoms with Gasteiger partial charge in [-0.05, 0) is 12.8 Å². The summed E-state index contributed by atoms with van der Waals surface area (Å²) in [6.07, 6.45) is 4.34. The van der Waals surface area contributed by atoms with Crippen LogP contribution in [0, 0.1) is 0 Å². The first kappa shape index (κ1) is 8.98. The number of rotatable bonds is 2. The summed E-state index contributed by atoms with van der Waals surface area (Å²) in [5, 5.41) is 8.52. The molecule has 1 aliphatic rings. The fourth-order valence-corrected chi connectivity index (χ4v) is 1.70. The van der Waals surface area contributed by atoms with E-state index in [9.17, 15) is 9.59 Å². The maximum absolute atomic E-state index is 11.5. The molecule has 1 aromatic heterocycles. The van der Waals surface area contributed by atoms with E-state index in [1.165, 1.54) is 0 Å². The van der Waals surface area contributed by atoms with Crippen molar-refractivity contribution in [3.63, 3.8) is 0 Å². The van der Waals surface area contributed by atoms with Crippen LogP contribution in [0.5, 0.6) is 0 Å². The lowest BCUT2D eigenvalue weighted by molar-refractivity contribution is 0.0927. The van der Waals surface area contributed by atoms with Gasteiger partial charge in [-0.1, -0.05) is 12.8 Å². The fourth-order valence-electron chi connectivity index (χ4n) is 1.70. The molecular formula is C8H12N4O2. The molecule has 1 saturated carbocycles. The molecule has 3 N–H and O–H groups in total. The Morgan fingerprint density at radius 3 is 2.71 bits per heavy atom. The van der Waals surface area contributed by atoms with Crippen LogP contribution >= 0.6 is 0 Å². The first-order chi connectivity index (χ1) is 6.75. The lowest BCUT2D eigenvalue weighted by Gasteiger charge is -2.09. The third-order valence-corrected chi connectivity index (χ3v) is 2.41. The van der Waals surface area contributed by atoms with Crippen molar-refractivity contribution in [1.29, 1.82) is 0 Å². The Bertz CT molecular complexity index is 375. The van der Waals surface area contributed by atoms with Gasteiger partial charge in [-0.3, -0.25) is 9.78 Å². The van der Waals surface area contributed by atoms with Gasteiger partial charge in [0.2, 0.25) is 5.82 Å². The van der Waals surface area contributed by atoms with Gasteiger partial charge in [-0.2, -0.15) is 0 Å². The van der Waals surface area contributed by atoms with Crippen LogP contribution in [0.4, 0.5) is 0 Å². The summed E-state index contributed by atoms with van der Waals surface area (Å²) in [5.41, 5.74) is -0.457. The lowest BCUT2D eigenvalue weighted by atomic mass is 10.2. The molecule has 1 aliphatic carbocycles. The second-order valence-electron chi connectivity index (χ2n) is 3.48. The largest absolute Gasteiger partial charge is 0.347 e. The second-order valence-corrected chi connectivity index (χ2v) is 3.48. The summed E-state index contributed by atoms with van der Waals surface area (Å²) >= 11 is 0. The van der Waals surface area contributed by atoms with Crippen molar-refractivity contribution in [2.75, 3.05) is 0 Å². The van der Waals surface area contributed by atoms with Gasteiger partial charge in [-0.15, -0.1) is 5.10 Å². The molecule has 76 valence electrons. The fraction of sp³-hybridized carbons (Fsp3) is 0.625.